The number of aryl methyl sites for hydroxylation is 2. The van der Waals surface area contributed by atoms with E-state index in [0.717, 1.165) is 38.0 Å². The Hall–Kier alpha value is -3.76. The molecule has 0 saturated heterocycles. The average molecular weight is 530 g/mol. The molecule has 11 heteroatoms. The Kier molecular flexibility index (Phi) is 8.13. The molecule has 1 fully saturated rings. The van der Waals surface area contributed by atoms with Crippen molar-refractivity contribution in [2.45, 2.75) is 70.9 Å². The van der Waals surface area contributed by atoms with Gasteiger partial charge in [-0.25, -0.2) is 13.5 Å². The predicted octanol–water partition coefficient (Wildman–Crippen LogP) is 4.42. The number of anilines is 1. The summed E-state index contributed by atoms with van der Waals surface area (Å²) in [6, 6.07) is 6.78. The Morgan fingerprint density at radius 3 is 2.79 bits per heavy atom. The first-order chi connectivity index (χ1) is 18.0. The van der Waals surface area contributed by atoms with Crippen LogP contribution < -0.4 is 15.4 Å². The standard InChI is InChI=1S/C27H33F2N5O4/c1-16(35)21(14-30)25(36)32-24-23-22(33-34(24)11-10-17-6-7-17)13-19(31-26(23)37)9-8-18-4-3-5-20(12-18)38-15-27(2,28)29/h3-5,12,14,17,19,30,35H,6-11,13,15H2,1-2H3,(H,31,37)(H,32,36)/b21-16+,30-14?/t19-/m0/s1. The molecule has 1 aliphatic carbocycles. The lowest BCUT2D eigenvalue weighted by atomic mass is 9.96. The van der Waals surface area contributed by atoms with Crippen LogP contribution in [0.5, 0.6) is 5.75 Å². The van der Waals surface area contributed by atoms with Crippen molar-refractivity contribution < 1.29 is 28.2 Å². The molecule has 4 rings (SSSR count). The quantitative estimate of drug-likeness (QED) is 0.184. The van der Waals surface area contributed by atoms with Crippen molar-refractivity contribution in [3.8, 4) is 5.75 Å². The van der Waals surface area contributed by atoms with Gasteiger partial charge in [-0.3, -0.25) is 9.59 Å². The second-order valence-electron chi connectivity index (χ2n) is 10.1. The summed E-state index contributed by atoms with van der Waals surface area (Å²) in [6.45, 7) is 1.96. The highest BCUT2D eigenvalue weighted by Crippen LogP contribution is 2.34. The van der Waals surface area contributed by atoms with Gasteiger partial charge in [-0.2, -0.15) is 5.10 Å². The summed E-state index contributed by atoms with van der Waals surface area (Å²) in [5.74, 6) is -3.01. The molecule has 1 aromatic heterocycles. The first-order valence-electron chi connectivity index (χ1n) is 12.8. The van der Waals surface area contributed by atoms with E-state index in [1.807, 2.05) is 6.07 Å². The van der Waals surface area contributed by atoms with Gasteiger partial charge in [-0.05, 0) is 49.8 Å². The lowest BCUT2D eigenvalue weighted by Gasteiger charge is -2.23. The first kappa shape index (κ1) is 27.3. The number of fused-ring (bicyclic) bond motifs is 1. The molecule has 1 aromatic carbocycles. The van der Waals surface area contributed by atoms with Crippen LogP contribution in [0.15, 0.2) is 35.6 Å². The van der Waals surface area contributed by atoms with Gasteiger partial charge >= 0.3 is 0 Å². The van der Waals surface area contributed by atoms with Crippen LogP contribution >= 0.6 is 0 Å². The van der Waals surface area contributed by atoms with Gasteiger partial charge in [0, 0.05) is 32.1 Å². The minimum absolute atomic E-state index is 0.198. The van der Waals surface area contributed by atoms with Gasteiger partial charge in [0.1, 0.15) is 22.9 Å². The molecule has 2 amide bonds. The van der Waals surface area contributed by atoms with E-state index in [9.17, 15) is 23.5 Å². The van der Waals surface area contributed by atoms with E-state index in [1.54, 1.807) is 22.9 Å². The van der Waals surface area contributed by atoms with Crippen molar-refractivity contribution in [2.24, 2.45) is 5.92 Å². The summed E-state index contributed by atoms with van der Waals surface area (Å²) in [5, 5.41) is 27.5. The Bertz CT molecular complexity index is 1240. The number of amides is 2. The van der Waals surface area contributed by atoms with E-state index in [2.05, 4.69) is 15.7 Å². The van der Waals surface area contributed by atoms with Crippen LogP contribution in [0.4, 0.5) is 14.6 Å². The Morgan fingerprint density at radius 1 is 1.37 bits per heavy atom. The molecule has 1 aliphatic heterocycles. The summed E-state index contributed by atoms with van der Waals surface area (Å²) in [6.07, 6.45) is 5.61. The van der Waals surface area contributed by atoms with E-state index < -0.39 is 18.4 Å². The molecule has 2 aromatic rings. The second kappa shape index (κ2) is 11.3. The van der Waals surface area contributed by atoms with E-state index in [4.69, 9.17) is 10.1 Å². The van der Waals surface area contributed by atoms with E-state index in [0.29, 0.717) is 48.7 Å². The minimum Gasteiger partial charge on any atom is -0.512 e. The molecule has 1 atom stereocenters. The molecule has 2 aliphatic rings. The van der Waals surface area contributed by atoms with Crippen molar-refractivity contribution in [3.63, 3.8) is 0 Å². The third-order valence-electron chi connectivity index (χ3n) is 6.66. The SMILES string of the molecule is C/C(O)=C(/C=N)C(=O)Nc1c2c(nn1CCC1CC1)C[C@H](CCc1cccc(OCC(C)(F)F)c1)NC2=O. The number of benzene rings is 1. The summed E-state index contributed by atoms with van der Waals surface area (Å²) in [5.41, 5.74) is 1.57. The molecule has 0 bridgehead atoms. The van der Waals surface area contributed by atoms with Crippen molar-refractivity contribution in [1.82, 2.24) is 15.1 Å². The number of aliphatic hydroxyl groups excluding tert-OH is 1. The molecule has 1 saturated carbocycles. The molecule has 38 heavy (non-hydrogen) atoms. The zero-order chi connectivity index (χ0) is 27.4. The number of aliphatic hydroxyl groups is 1. The lowest BCUT2D eigenvalue weighted by molar-refractivity contribution is -0.112. The van der Waals surface area contributed by atoms with Crippen molar-refractivity contribution in [2.75, 3.05) is 11.9 Å². The van der Waals surface area contributed by atoms with Crippen LogP contribution in [0.1, 0.15) is 61.1 Å². The van der Waals surface area contributed by atoms with E-state index in [-0.39, 0.29) is 29.1 Å². The fourth-order valence-electron chi connectivity index (χ4n) is 4.46. The number of alkyl halides is 2. The molecule has 0 spiro atoms. The maximum absolute atomic E-state index is 13.2. The number of ether oxygens (including phenoxy) is 1. The highest BCUT2D eigenvalue weighted by Gasteiger charge is 2.33. The van der Waals surface area contributed by atoms with Crippen LogP contribution in [0.3, 0.4) is 0 Å². The average Bonchev–Trinajstić information content (AvgIpc) is 3.61. The highest BCUT2D eigenvalue weighted by atomic mass is 19.3. The maximum atomic E-state index is 13.2. The monoisotopic (exact) mass is 529 g/mol. The third kappa shape index (κ3) is 6.96. The summed E-state index contributed by atoms with van der Waals surface area (Å²) >= 11 is 0. The molecular weight excluding hydrogens is 496 g/mol. The molecular formula is C27H33F2N5O4. The van der Waals surface area contributed by atoms with Gasteiger partial charge in [0.05, 0.1) is 11.3 Å². The Balaban J connectivity index is 1.47. The van der Waals surface area contributed by atoms with Gasteiger partial charge in [0.15, 0.2) is 6.61 Å². The smallest absolute Gasteiger partial charge is 0.278 e. The second-order valence-corrected chi connectivity index (χ2v) is 10.1. The number of halogens is 2. The topological polar surface area (TPSA) is 129 Å². The summed E-state index contributed by atoms with van der Waals surface area (Å²) in [4.78, 5) is 25.9. The molecule has 204 valence electrons. The number of rotatable bonds is 12. The Labute approximate surface area is 219 Å². The normalized spacial score (nSPS) is 17.8. The lowest BCUT2D eigenvalue weighted by Crippen LogP contribution is -2.41. The molecule has 0 unspecified atom stereocenters. The molecule has 0 radical (unpaired) electrons. The number of hydrogen-bond acceptors (Lipinski definition) is 6. The maximum Gasteiger partial charge on any atom is 0.278 e. The first-order valence-corrected chi connectivity index (χ1v) is 12.8. The number of nitrogens with one attached hydrogen (secondary N) is 3. The largest absolute Gasteiger partial charge is 0.512 e. The number of nitrogens with zero attached hydrogens (tertiary/aromatic N) is 2. The van der Waals surface area contributed by atoms with Crippen molar-refractivity contribution in [3.05, 3.63) is 52.4 Å². The zero-order valence-electron chi connectivity index (χ0n) is 21.5. The minimum atomic E-state index is -2.92. The third-order valence-corrected chi connectivity index (χ3v) is 6.66. The highest BCUT2D eigenvalue weighted by molar-refractivity contribution is 6.18. The van der Waals surface area contributed by atoms with Crippen LogP contribution in [0, 0.1) is 11.3 Å². The number of carbonyl (C=O) groups is 2. The van der Waals surface area contributed by atoms with Crippen molar-refractivity contribution in [1.29, 1.82) is 5.41 Å². The van der Waals surface area contributed by atoms with E-state index in [1.165, 1.54) is 6.92 Å². The fraction of sp³-hybridized carbons (Fsp3) is 0.481. The Morgan fingerprint density at radius 2 is 2.13 bits per heavy atom. The van der Waals surface area contributed by atoms with Crippen molar-refractivity contribution >= 4 is 23.8 Å². The fourth-order valence-corrected chi connectivity index (χ4v) is 4.46. The van der Waals surface area contributed by atoms with Gasteiger partial charge in [0.25, 0.3) is 17.7 Å². The van der Waals surface area contributed by atoms with Gasteiger partial charge < -0.3 is 25.9 Å². The summed E-state index contributed by atoms with van der Waals surface area (Å²) in [7, 11) is 0. The molecule has 4 N–H and O–H groups in total. The van der Waals surface area contributed by atoms with E-state index >= 15 is 0 Å². The van der Waals surface area contributed by atoms with Crippen LogP contribution in [0.25, 0.3) is 0 Å². The summed E-state index contributed by atoms with van der Waals surface area (Å²) < 4.78 is 33.1. The molecule has 9 nitrogen and oxygen atoms in total. The van der Waals surface area contributed by atoms with Crippen LogP contribution in [-0.2, 0) is 24.2 Å². The van der Waals surface area contributed by atoms with Crippen LogP contribution in [0.2, 0.25) is 0 Å². The van der Waals surface area contributed by atoms with Gasteiger partial charge in [0.2, 0.25) is 0 Å². The number of carbonyl (C=O) groups excluding carboxylic acids is 2. The predicted molar refractivity (Wildman–Crippen MR) is 138 cm³/mol. The number of aromatic nitrogens is 2. The van der Waals surface area contributed by atoms with Gasteiger partial charge in [-0.15, -0.1) is 0 Å². The van der Waals surface area contributed by atoms with Gasteiger partial charge in [-0.1, -0.05) is 25.0 Å². The number of allylic oxidation sites excluding steroid dienone is 1. The molecule has 2 heterocycles. The number of hydrogen-bond donors (Lipinski definition) is 4. The zero-order valence-corrected chi connectivity index (χ0v) is 21.5. The van der Waals surface area contributed by atoms with Crippen LogP contribution in [-0.4, -0.2) is 51.5 Å².